The summed E-state index contributed by atoms with van der Waals surface area (Å²) < 4.78 is 5.37. The van der Waals surface area contributed by atoms with Crippen LogP contribution >= 0.6 is 0 Å². The predicted octanol–water partition coefficient (Wildman–Crippen LogP) is 1.66. The Morgan fingerprint density at radius 1 is 1.07 bits per heavy atom. The van der Waals surface area contributed by atoms with E-state index in [1.165, 1.54) is 0 Å². The van der Waals surface area contributed by atoms with Crippen LogP contribution in [0, 0.1) is 11.8 Å². The molecule has 0 saturated carbocycles. The molecule has 0 aliphatic carbocycles. The van der Waals surface area contributed by atoms with Gasteiger partial charge in [0.2, 0.25) is 0 Å². The van der Waals surface area contributed by atoms with Crippen LogP contribution in [-0.2, 0) is 4.74 Å². The molecule has 0 aromatic carbocycles. The summed E-state index contributed by atoms with van der Waals surface area (Å²) in [5.74, 6) is 1.29. The molecular weight excluding hydrogens is 190 g/mol. The highest BCUT2D eigenvalue weighted by atomic mass is 16.5. The fourth-order valence-electron chi connectivity index (χ4n) is 1.14. The maximum atomic E-state index is 9.54. The minimum atomic E-state index is -0.379. The summed E-state index contributed by atoms with van der Waals surface area (Å²) >= 11 is 0. The molecule has 3 nitrogen and oxygen atoms in total. The van der Waals surface area contributed by atoms with Gasteiger partial charge in [-0.15, -0.1) is 0 Å². The lowest BCUT2D eigenvalue weighted by atomic mass is 10.1. The van der Waals surface area contributed by atoms with Gasteiger partial charge in [-0.3, -0.25) is 0 Å². The van der Waals surface area contributed by atoms with Crippen molar-refractivity contribution in [3.63, 3.8) is 0 Å². The summed E-state index contributed by atoms with van der Waals surface area (Å²) in [6.45, 7) is 11.4. The van der Waals surface area contributed by atoms with Gasteiger partial charge in [-0.2, -0.15) is 0 Å². The lowest BCUT2D eigenvalue weighted by Crippen LogP contribution is -2.32. The summed E-state index contributed by atoms with van der Waals surface area (Å²) in [4.78, 5) is 0. The lowest BCUT2D eigenvalue weighted by Gasteiger charge is -2.14. The van der Waals surface area contributed by atoms with E-state index in [2.05, 4.69) is 33.0 Å². The molecule has 0 aromatic rings. The van der Waals surface area contributed by atoms with Crippen LogP contribution in [0.4, 0.5) is 0 Å². The maximum Gasteiger partial charge on any atom is 0.0897 e. The number of aliphatic hydroxyl groups is 1. The summed E-state index contributed by atoms with van der Waals surface area (Å²) in [5, 5.41) is 12.7. The molecule has 1 atom stereocenters. The molecule has 0 spiro atoms. The molecule has 15 heavy (non-hydrogen) atoms. The quantitative estimate of drug-likeness (QED) is 0.577. The maximum absolute atomic E-state index is 9.54. The summed E-state index contributed by atoms with van der Waals surface area (Å²) in [6, 6.07) is 0. The molecule has 0 aliphatic rings. The van der Waals surface area contributed by atoms with E-state index >= 15 is 0 Å². The van der Waals surface area contributed by atoms with E-state index in [0.717, 1.165) is 19.6 Å². The first-order chi connectivity index (χ1) is 7.02. The Labute approximate surface area is 94.2 Å². The van der Waals surface area contributed by atoms with Crippen molar-refractivity contribution in [2.45, 2.75) is 40.2 Å². The number of ether oxygens (including phenoxy) is 1. The molecule has 0 heterocycles. The van der Waals surface area contributed by atoms with Crippen molar-refractivity contribution >= 4 is 0 Å². The van der Waals surface area contributed by atoms with Gasteiger partial charge in [-0.05, 0) is 24.8 Å². The SMILES string of the molecule is CC(C)CCOCC(O)CNCC(C)C. The van der Waals surface area contributed by atoms with Gasteiger partial charge in [0.15, 0.2) is 0 Å². The highest BCUT2D eigenvalue weighted by Gasteiger charge is 2.04. The Bertz CT molecular complexity index is 138. The monoisotopic (exact) mass is 217 g/mol. The van der Waals surface area contributed by atoms with Crippen molar-refractivity contribution in [3.05, 3.63) is 0 Å². The van der Waals surface area contributed by atoms with Crippen molar-refractivity contribution in [1.29, 1.82) is 0 Å². The molecule has 92 valence electrons. The van der Waals surface area contributed by atoms with Gasteiger partial charge in [0.1, 0.15) is 0 Å². The van der Waals surface area contributed by atoms with E-state index in [1.807, 2.05) is 0 Å². The topological polar surface area (TPSA) is 41.5 Å². The second-order valence-corrected chi connectivity index (χ2v) is 4.96. The van der Waals surface area contributed by atoms with Crippen LogP contribution < -0.4 is 5.32 Å². The van der Waals surface area contributed by atoms with Crippen LogP contribution in [0.5, 0.6) is 0 Å². The summed E-state index contributed by atoms with van der Waals surface area (Å²) in [7, 11) is 0. The Balaban J connectivity index is 3.22. The minimum absolute atomic E-state index is 0.379. The molecule has 0 rings (SSSR count). The highest BCUT2D eigenvalue weighted by molar-refractivity contribution is 4.59. The van der Waals surface area contributed by atoms with Gasteiger partial charge in [0.25, 0.3) is 0 Å². The summed E-state index contributed by atoms with van der Waals surface area (Å²) in [6.07, 6.45) is 0.683. The third-order valence-corrected chi connectivity index (χ3v) is 2.08. The molecule has 0 saturated heterocycles. The van der Waals surface area contributed by atoms with Crippen molar-refractivity contribution in [3.8, 4) is 0 Å². The Morgan fingerprint density at radius 3 is 2.27 bits per heavy atom. The van der Waals surface area contributed by atoms with Crippen molar-refractivity contribution in [2.24, 2.45) is 11.8 Å². The summed E-state index contributed by atoms with van der Waals surface area (Å²) in [5.41, 5.74) is 0. The van der Waals surface area contributed by atoms with E-state index in [-0.39, 0.29) is 6.10 Å². The van der Waals surface area contributed by atoms with Crippen LogP contribution in [-0.4, -0.2) is 37.5 Å². The zero-order valence-corrected chi connectivity index (χ0v) is 10.6. The first-order valence-corrected chi connectivity index (χ1v) is 5.99. The first kappa shape index (κ1) is 14.9. The molecule has 0 amide bonds. The first-order valence-electron chi connectivity index (χ1n) is 5.99. The number of hydrogen-bond acceptors (Lipinski definition) is 3. The van der Waals surface area contributed by atoms with E-state index < -0.39 is 0 Å². The highest BCUT2D eigenvalue weighted by Crippen LogP contribution is 1.99. The molecule has 0 fully saturated rings. The van der Waals surface area contributed by atoms with Crippen molar-refractivity contribution in [2.75, 3.05) is 26.3 Å². The molecular formula is C12H27NO2. The van der Waals surface area contributed by atoms with E-state index in [4.69, 9.17) is 4.74 Å². The van der Waals surface area contributed by atoms with Crippen LogP contribution in [0.2, 0.25) is 0 Å². The molecule has 1 unspecified atom stereocenters. The van der Waals surface area contributed by atoms with Crippen LogP contribution in [0.1, 0.15) is 34.1 Å². The van der Waals surface area contributed by atoms with E-state index in [9.17, 15) is 5.11 Å². The van der Waals surface area contributed by atoms with Gasteiger partial charge in [0.05, 0.1) is 12.7 Å². The van der Waals surface area contributed by atoms with Crippen molar-refractivity contribution < 1.29 is 9.84 Å². The average Bonchev–Trinajstić information content (AvgIpc) is 2.11. The smallest absolute Gasteiger partial charge is 0.0897 e. The van der Waals surface area contributed by atoms with E-state index in [1.54, 1.807) is 0 Å². The number of hydrogen-bond donors (Lipinski definition) is 2. The minimum Gasteiger partial charge on any atom is -0.389 e. The van der Waals surface area contributed by atoms with Gasteiger partial charge in [-0.1, -0.05) is 27.7 Å². The average molecular weight is 217 g/mol. The normalized spacial score (nSPS) is 13.8. The second-order valence-electron chi connectivity index (χ2n) is 4.96. The standard InChI is InChI=1S/C12H27NO2/c1-10(2)5-6-15-9-12(14)8-13-7-11(3)4/h10-14H,5-9H2,1-4H3. The fourth-order valence-corrected chi connectivity index (χ4v) is 1.14. The fraction of sp³-hybridized carbons (Fsp3) is 1.00. The van der Waals surface area contributed by atoms with Crippen LogP contribution in [0.3, 0.4) is 0 Å². The Hall–Kier alpha value is -0.120. The largest absolute Gasteiger partial charge is 0.389 e. The third kappa shape index (κ3) is 11.8. The zero-order chi connectivity index (χ0) is 11.7. The van der Waals surface area contributed by atoms with Crippen LogP contribution in [0.15, 0.2) is 0 Å². The predicted molar refractivity (Wildman–Crippen MR) is 64.0 cm³/mol. The Morgan fingerprint density at radius 2 is 1.73 bits per heavy atom. The molecule has 0 radical (unpaired) electrons. The number of rotatable bonds is 9. The van der Waals surface area contributed by atoms with Gasteiger partial charge >= 0.3 is 0 Å². The number of nitrogens with one attached hydrogen (secondary N) is 1. The molecule has 0 aliphatic heterocycles. The lowest BCUT2D eigenvalue weighted by molar-refractivity contribution is 0.0327. The zero-order valence-electron chi connectivity index (χ0n) is 10.6. The van der Waals surface area contributed by atoms with Gasteiger partial charge < -0.3 is 15.2 Å². The molecule has 2 N–H and O–H groups in total. The third-order valence-electron chi connectivity index (χ3n) is 2.08. The van der Waals surface area contributed by atoms with Crippen molar-refractivity contribution in [1.82, 2.24) is 5.32 Å². The number of aliphatic hydroxyl groups excluding tert-OH is 1. The molecule has 0 aromatic heterocycles. The van der Waals surface area contributed by atoms with Gasteiger partial charge in [-0.25, -0.2) is 0 Å². The Kier molecular flexibility index (Phi) is 9.06. The van der Waals surface area contributed by atoms with Crippen LogP contribution in [0.25, 0.3) is 0 Å². The second kappa shape index (κ2) is 9.13. The van der Waals surface area contributed by atoms with E-state index in [0.29, 0.717) is 25.0 Å². The molecule has 3 heteroatoms. The molecule has 0 bridgehead atoms. The van der Waals surface area contributed by atoms with Gasteiger partial charge in [0, 0.05) is 13.2 Å².